The molecule has 3 rings (SSSR count). The summed E-state index contributed by atoms with van der Waals surface area (Å²) < 4.78 is 1.88. The van der Waals surface area contributed by atoms with E-state index < -0.39 is 0 Å². The molecule has 0 bridgehead atoms. The van der Waals surface area contributed by atoms with Gasteiger partial charge in [-0.15, -0.1) is 0 Å². The Bertz CT molecular complexity index is 662. The van der Waals surface area contributed by atoms with Crippen molar-refractivity contribution in [3.63, 3.8) is 0 Å². The minimum atomic E-state index is -0.0357. The van der Waals surface area contributed by atoms with E-state index in [-0.39, 0.29) is 24.7 Å². The fourth-order valence-electron chi connectivity index (χ4n) is 3.60. The SMILES string of the molecule is Cc1cc2n(n1)CCCN2C(=O)CCC(=O)NCCC1=CCCCC1. The average Bonchev–Trinajstić information content (AvgIpc) is 3.00. The lowest BCUT2D eigenvalue weighted by atomic mass is 9.97. The Balaban J connectivity index is 1.41. The molecule has 0 atom stereocenters. The highest BCUT2D eigenvalue weighted by Crippen LogP contribution is 2.22. The first-order valence-electron chi connectivity index (χ1n) is 9.43. The molecular weight excluding hydrogens is 316 g/mol. The van der Waals surface area contributed by atoms with Crippen molar-refractivity contribution in [3.05, 3.63) is 23.4 Å². The second-order valence-corrected chi connectivity index (χ2v) is 6.97. The van der Waals surface area contributed by atoms with Gasteiger partial charge in [0, 0.05) is 38.5 Å². The smallest absolute Gasteiger partial charge is 0.228 e. The molecule has 2 amide bonds. The molecule has 0 fully saturated rings. The van der Waals surface area contributed by atoms with E-state index in [1.807, 2.05) is 17.7 Å². The van der Waals surface area contributed by atoms with Crippen LogP contribution in [0, 0.1) is 6.92 Å². The molecule has 0 saturated carbocycles. The van der Waals surface area contributed by atoms with Gasteiger partial charge in [0.15, 0.2) is 0 Å². The molecule has 6 nitrogen and oxygen atoms in total. The lowest BCUT2D eigenvalue weighted by Gasteiger charge is -2.27. The predicted molar refractivity (Wildman–Crippen MR) is 97.3 cm³/mol. The topological polar surface area (TPSA) is 67.2 Å². The van der Waals surface area contributed by atoms with Crippen LogP contribution < -0.4 is 10.2 Å². The molecule has 25 heavy (non-hydrogen) atoms. The van der Waals surface area contributed by atoms with Crippen LogP contribution in [0.4, 0.5) is 5.82 Å². The molecule has 2 aliphatic rings. The number of carbonyl (C=O) groups is 2. The summed E-state index contributed by atoms with van der Waals surface area (Å²) in [7, 11) is 0. The van der Waals surface area contributed by atoms with Crippen molar-refractivity contribution in [1.82, 2.24) is 15.1 Å². The number of hydrogen-bond donors (Lipinski definition) is 1. The molecule has 1 aromatic heterocycles. The largest absolute Gasteiger partial charge is 0.356 e. The molecule has 0 saturated heterocycles. The van der Waals surface area contributed by atoms with Crippen LogP contribution >= 0.6 is 0 Å². The first-order chi connectivity index (χ1) is 12.1. The summed E-state index contributed by atoms with van der Waals surface area (Å²) in [4.78, 5) is 26.3. The minimum Gasteiger partial charge on any atom is -0.356 e. The number of aromatic nitrogens is 2. The van der Waals surface area contributed by atoms with Gasteiger partial charge in [-0.3, -0.25) is 14.5 Å². The Morgan fingerprint density at radius 2 is 2.08 bits per heavy atom. The van der Waals surface area contributed by atoms with E-state index >= 15 is 0 Å². The Kier molecular flexibility index (Phi) is 5.89. The molecule has 136 valence electrons. The number of nitrogens with zero attached hydrogens (tertiary/aromatic N) is 3. The first-order valence-corrected chi connectivity index (χ1v) is 9.43. The highest BCUT2D eigenvalue weighted by Gasteiger charge is 2.24. The van der Waals surface area contributed by atoms with E-state index in [9.17, 15) is 9.59 Å². The van der Waals surface area contributed by atoms with E-state index in [2.05, 4.69) is 16.5 Å². The number of nitrogens with one attached hydrogen (secondary N) is 1. The lowest BCUT2D eigenvalue weighted by molar-refractivity contribution is -0.125. The van der Waals surface area contributed by atoms with E-state index in [4.69, 9.17) is 0 Å². The molecule has 1 aliphatic heterocycles. The van der Waals surface area contributed by atoms with Crippen LogP contribution in [0.25, 0.3) is 0 Å². The Morgan fingerprint density at radius 3 is 2.88 bits per heavy atom. The second-order valence-electron chi connectivity index (χ2n) is 6.97. The number of carbonyl (C=O) groups excluding carboxylic acids is 2. The summed E-state index contributed by atoms with van der Waals surface area (Å²) in [6.07, 6.45) is 9.53. The number of amides is 2. The average molecular weight is 344 g/mol. The fourth-order valence-corrected chi connectivity index (χ4v) is 3.60. The molecule has 1 aromatic rings. The van der Waals surface area contributed by atoms with Crippen molar-refractivity contribution in [2.75, 3.05) is 18.0 Å². The van der Waals surface area contributed by atoms with E-state index in [0.29, 0.717) is 13.1 Å². The third-order valence-corrected chi connectivity index (χ3v) is 4.93. The highest BCUT2D eigenvalue weighted by molar-refractivity contribution is 5.95. The van der Waals surface area contributed by atoms with Gasteiger partial charge < -0.3 is 5.32 Å². The van der Waals surface area contributed by atoms with Gasteiger partial charge in [-0.2, -0.15) is 5.10 Å². The van der Waals surface area contributed by atoms with Crippen molar-refractivity contribution in [2.45, 2.75) is 64.8 Å². The number of fused-ring (bicyclic) bond motifs is 1. The Hall–Kier alpha value is -2.11. The van der Waals surface area contributed by atoms with Crippen molar-refractivity contribution in [2.24, 2.45) is 0 Å². The van der Waals surface area contributed by atoms with Gasteiger partial charge in [0.1, 0.15) is 5.82 Å². The molecule has 2 heterocycles. The summed E-state index contributed by atoms with van der Waals surface area (Å²) in [5.74, 6) is 0.829. The van der Waals surface area contributed by atoms with Crippen molar-refractivity contribution >= 4 is 17.6 Å². The summed E-state index contributed by atoms with van der Waals surface area (Å²) in [5, 5.41) is 7.35. The van der Waals surface area contributed by atoms with Gasteiger partial charge in [0.2, 0.25) is 11.8 Å². The van der Waals surface area contributed by atoms with Crippen molar-refractivity contribution < 1.29 is 9.59 Å². The maximum atomic E-state index is 12.5. The van der Waals surface area contributed by atoms with Gasteiger partial charge in [-0.25, -0.2) is 4.68 Å². The fraction of sp³-hybridized carbons (Fsp3) is 0.632. The first kappa shape index (κ1) is 17.7. The van der Waals surface area contributed by atoms with E-state index in [1.165, 1.54) is 24.8 Å². The van der Waals surface area contributed by atoms with Crippen molar-refractivity contribution in [3.8, 4) is 0 Å². The molecule has 1 aliphatic carbocycles. The summed E-state index contributed by atoms with van der Waals surface area (Å²) >= 11 is 0. The maximum absolute atomic E-state index is 12.5. The monoisotopic (exact) mass is 344 g/mol. The van der Waals surface area contributed by atoms with Crippen LogP contribution in [0.2, 0.25) is 0 Å². The van der Waals surface area contributed by atoms with Crippen LogP contribution in [-0.2, 0) is 16.1 Å². The number of hydrogen-bond acceptors (Lipinski definition) is 3. The maximum Gasteiger partial charge on any atom is 0.228 e. The van der Waals surface area contributed by atoms with Crippen LogP contribution in [0.15, 0.2) is 17.7 Å². The normalized spacial score (nSPS) is 17.0. The highest BCUT2D eigenvalue weighted by atomic mass is 16.2. The second kappa shape index (κ2) is 8.32. The van der Waals surface area contributed by atoms with Gasteiger partial charge in [-0.1, -0.05) is 11.6 Å². The minimum absolute atomic E-state index is 0.00555. The lowest BCUT2D eigenvalue weighted by Crippen LogP contribution is -2.38. The number of aryl methyl sites for hydroxylation is 2. The van der Waals surface area contributed by atoms with Crippen LogP contribution in [0.3, 0.4) is 0 Å². The molecular formula is C19H28N4O2. The van der Waals surface area contributed by atoms with E-state index in [0.717, 1.165) is 37.3 Å². The zero-order valence-corrected chi connectivity index (χ0v) is 15.1. The van der Waals surface area contributed by atoms with E-state index in [1.54, 1.807) is 4.90 Å². The Labute approximate surface area is 149 Å². The Morgan fingerprint density at radius 1 is 1.20 bits per heavy atom. The standard InChI is InChI=1S/C19H28N4O2/c1-15-14-18-22(12-5-13-23(18)21-15)19(25)9-8-17(24)20-11-10-16-6-3-2-4-7-16/h6,14H,2-5,7-13H2,1H3,(H,20,24). The molecule has 6 heteroatoms. The van der Waals surface area contributed by atoms with Crippen LogP contribution in [0.5, 0.6) is 0 Å². The molecule has 1 N–H and O–H groups in total. The summed E-state index contributed by atoms with van der Waals surface area (Å²) in [5.41, 5.74) is 2.38. The number of anilines is 1. The molecule has 0 unspecified atom stereocenters. The van der Waals surface area contributed by atoms with Crippen molar-refractivity contribution in [1.29, 1.82) is 0 Å². The number of allylic oxidation sites excluding steroid dienone is 1. The zero-order chi connectivity index (χ0) is 17.6. The zero-order valence-electron chi connectivity index (χ0n) is 15.1. The van der Waals surface area contributed by atoms with Gasteiger partial charge in [0.05, 0.1) is 5.69 Å². The van der Waals surface area contributed by atoms with Gasteiger partial charge >= 0.3 is 0 Å². The van der Waals surface area contributed by atoms with Crippen LogP contribution in [-0.4, -0.2) is 34.7 Å². The third-order valence-electron chi connectivity index (χ3n) is 4.93. The number of rotatable bonds is 6. The predicted octanol–water partition coefficient (Wildman–Crippen LogP) is 2.72. The quantitative estimate of drug-likeness (QED) is 0.807. The molecule has 0 spiro atoms. The van der Waals surface area contributed by atoms with Gasteiger partial charge in [0.25, 0.3) is 0 Å². The molecule has 0 radical (unpaired) electrons. The van der Waals surface area contributed by atoms with Crippen LogP contribution in [0.1, 0.15) is 57.1 Å². The molecule has 0 aromatic carbocycles. The summed E-state index contributed by atoms with van der Waals surface area (Å²) in [6, 6.07) is 1.94. The third kappa shape index (κ3) is 4.71. The van der Waals surface area contributed by atoms with Gasteiger partial charge in [-0.05, 0) is 45.4 Å². The summed E-state index contributed by atoms with van der Waals surface area (Å²) in [6.45, 7) is 4.17.